The van der Waals surface area contributed by atoms with Gasteiger partial charge in [-0.25, -0.2) is 0 Å². The molecule has 3 rings (SSSR count). The van der Waals surface area contributed by atoms with Crippen molar-refractivity contribution in [3.05, 3.63) is 41.7 Å². The predicted octanol–water partition coefficient (Wildman–Crippen LogP) is 2.55. The van der Waals surface area contributed by atoms with E-state index in [1.807, 2.05) is 29.1 Å². The Bertz CT molecular complexity index is 537. The van der Waals surface area contributed by atoms with E-state index in [2.05, 4.69) is 10.4 Å². The number of hydrogen-bond donors (Lipinski definition) is 1. The molecule has 0 saturated carbocycles. The molecule has 0 unspecified atom stereocenters. The lowest BCUT2D eigenvalue weighted by Gasteiger charge is -2.26. The lowest BCUT2D eigenvalue weighted by atomic mass is 10.0. The lowest BCUT2D eigenvalue weighted by Crippen LogP contribution is -2.44. The summed E-state index contributed by atoms with van der Waals surface area (Å²) in [5.41, 5.74) is 0. The summed E-state index contributed by atoms with van der Waals surface area (Å²) in [6.07, 6.45) is 3.62. The first-order valence-electron chi connectivity index (χ1n) is 5.97. The number of ether oxygens (including phenoxy) is 1. The van der Waals surface area contributed by atoms with Crippen LogP contribution in [-0.2, 0) is 6.54 Å². The standard InChI is InChI=1S/C13H14ClN3O/c14-12-3-1-2-4-13(12)18-11-7-16-17(9-11)8-10-5-15-6-10/h1-4,7,9-10,15H,5-6,8H2. The topological polar surface area (TPSA) is 39.1 Å². The zero-order valence-electron chi connectivity index (χ0n) is 9.84. The molecule has 2 aromatic rings. The Kier molecular flexibility index (Phi) is 3.21. The molecule has 1 aliphatic rings. The molecule has 94 valence electrons. The van der Waals surface area contributed by atoms with Crippen molar-refractivity contribution < 1.29 is 4.74 Å². The van der Waals surface area contributed by atoms with Crippen LogP contribution in [-0.4, -0.2) is 22.9 Å². The monoisotopic (exact) mass is 263 g/mol. The van der Waals surface area contributed by atoms with Crippen LogP contribution in [0.4, 0.5) is 0 Å². The van der Waals surface area contributed by atoms with Gasteiger partial charge in [0.05, 0.1) is 17.4 Å². The van der Waals surface area contributed by atoms with Crippen LogP contribution in [0, 0.1) is 5.92 Å². The van der Waals surface area contributed by atoms with Crippen LogP contribution in [0.1, 0.15) is 0 Å². The van der Waals surface area contributed by atoms with E-state index in [1.54, 1.807) is 12.3 Å². The highest BCUT2D eigenvalue weighted by atomic mass is 35.5. The highest BCUT2D eigenvalue weighted by Crippen LogP contribution is 2.28. The summed E-state index contributed by atoms with van der Waals surface area (Å²) >= 11 is 6.04. The van der Waals surface area contributed by atoms with Crippen molar-refractivity contribution in [3.63, 3.8) is 0 Å². The van der Waals surface area contributed by atoms with Gasteiger partial charge in [0.15, 0.2) is 5.75 Å². The van der Waals surface area contributed by atoms with Crippen LogP contribution in [0.3, 0.4) is 0 Å². The molecule has 0 amide bonds. The maximum Gasteiger partial charge on any atom is 0.165 e. The number of hydrogen-bond acceptors (Lipinski definition) is 3. The van der Waals surface area contributed by atoms with Gasteiger partial charge in [-0.3, -0.25) is 4.68 Å². The Morgan fingerprint density at radius 1 is 1.39 bits per heavy atom. The van der Waals surface area contributed by atoms with Crippen LogP contribution >= 0.6 is 11.6 Å². The quantitative estimate of drug-likeness (QED) is 0.921. The van der Waals surface area contributed by atoms with Crippen molar-refractivity contribution in [2.24, 2.45) is 5.92 Å². The number of nitrogens with zero attached hydrogens (tertiary/aromatic N) is 2. The van der Waals surface area contributed by atoms with Gasteiger partial charge >= 0.3 is 0 Å². The van der Waals surface area contributed by atoms with Gasteiger partial charge in [0, 0.05) is 25.6 Å². The number of aromatic nitrogens is 2. The normalized spacial score (nSPS) is 15.4. The van der Waals surface area contributed by atoms with Gasteiger partial charge in [0.25, 0.3) is 0 Å². The van der Waals surface area contributed by atoms with E-state index in [0.29, 0.717) is 16.7 Å². The van der Waals surface area contributed by atoms with Crippen LogP contribution in [0.2, 0.25) is 5.02 Å². The average Bonchev–Trinajstić information content (AvgIpc) is 2.75. The van der Waals surface area contributed by atoms with Crippen LogP contribution in [0.25, 0.3) is 0 Å². The first-order valence-corrected chi connectivity index (χ1v) is 6.34. The molecule has 5 heteroatoms. The first-order chi connectivity index (χ1) is 8.81. The van der Waals surface area contributed by atoms with Crippen molar-refractivity contribution >= 4 is 11.6 Å². The largest absolute Gasteiger partial charge is 0.452 e. The van der Waals surface area contributed by atoms with Gasteiger partial charge < -0.3 is 10.1 Å². The van der Waals surface area contributed by atoms with Crippen LogP contribution in [0.5, 0.6) is 11.5 Å². The first kappa shape index (κ1) is 11.6. The third-order valence-electron chi connectivity index (χ3n) is 2.99. The molecule has 1 aromatic carbocycles. The summed E-state index contributed by atoms with van der Waals surface area (Å²) in [4.78, 5) is 0. The van der Waals surface area contributed by atoms with Gasteiger partial charge in [-0.05, 0) is 12.1 Å². The molecule has 0 radical (unpaired) electrons. The third-order valence-corrected chi connectivity index (χ3v) is 3.30. The smallest absolute Gasteiger partial charge is 0.165 e. The summed E-state index contributed by atoms with van der Waals surface area (Å²) in [5.74, 6) is 2.05. The predicted molar refractivity (Wildman–Crippen MR) is 70.1 cm³/mol. The lowest BCUT2D eigenvalue weighted by molar-refractivity contribution is 0.295. The second-order valence-corrected chi connectivity index (χ2v) is 4.86. The summed E-state index contributed by atoms with van der Waals surface area (Å²) in [6.45, 7) is 3.07. The minimum absolute atomic E-state index is 0.605. The molecular formula is C13H14ClN3O. The Balaban J connectivity index is 1.67. The molecule has 1 fully saturated rings. The van der Waals surface area contributed by atoms with E-state index in [-0.39, 0.29) is 0 Å². The average molecular weight is 264 g/mol. The molecule has 4 nitrogen and oxygen atoms in total. The summed E-state index contributed by atoms with van der Waals surface area (Å²) in [6, 6.07) is 7.42. The van der Waals surface area contributed by atoms with Crippen molar-refractivity contribution in [2.45, 2.75) is 6.54 Å². The molecule has 0 spiro atoms. The van der Waals surface area contributed by atoms with Gasteiger partial charge in [-0.15, -0.1) is 0 Å². The number of para-hydroxylation sites is 1. The zero-order chi connectivity index (χ0) is 12.4. The van der Waals surface area contributed by atoms with Crippen LogP contribution < -0.4 is 10.1 Å². The molecule has 1 aromatic heterocycles. The Morgan fingerprint density at radius 3 is 2.94 bits per heavy atom. The zero-order valence-corrected chi connectivity index (χ0v) is 10.6. The maximum absolute atomic E-state index is 6.04. The SMILES string of the molecule is Clc1ccccc1Oc1cnn(CC2CNC2)c1. The number of halogens is 1. The second kappa shape index (κ2) is 5.00. The minimum atomic E-state index is 0.605. The van der Waals surface area contributed by atoms with E-state index in [4.69, 9.17) is 16.3 Å². The number of benzene rings is 1. The molecule has 18 heavy (non-hydrogen) atoms. The Morgan fingerprint density at radius 2 is 2.22 bits per heavy atom. The Labute approximate surface area is 111 Å². The molecule has 2 heterocycles. The van der Waals surface area contributed by atoms with Gasteiger partial charge in [0.2, 0.25) is 0 Å². The highest BCUT2D eigenvalue weighted by Gasteiger charge is 2.17. The fraction of sp³-hybridized carbons (Fsp3) is 0.308. The molecule has 1 N–H and O–H groups in total. The van der Waals surface area contributed by atoms with Crippen molar-refractivity contribution in [1.29, 1.82) is 0 Å². The fourth-order valence-electron chi connectivity index (χ4n) is 1.89. The van der Waals surface area contributed by atoms with Crippen molar-refractivity contribution in [3.8, 4) is 11.5 Å². The van der Waals surface area contributed by atoms with Gasteiger partial charge in [-0.1, -0.05) is 23.7 Å². The third kappa shape index (κ3) is 2.49. The van der Waals surface area contributed by atoms with E-state index in [9.17, 15) is 0 Å². The van der Waals surface area contributed by atoms with E-state index < -0.39 is 0 Å². The van der Waals surface area contributed by atoms with Gasteiger partial charge in [0.1, 0.15) is 5.75 Å². The minimum Gasteiger partial charge on any atom is -0.452 e. The van der Waals surface area contributed by atoms with Gasteiger partial charge in [-0.2, -0.15) is 5.10 Å². The van der Waals surface area contributed by atoms with E-state index >= 15 is 0 Å². The second-order valence-electron chi connectivity index (χ2n) is 4.45. The van der Waals surface area contributed by atoms with E-state index in [1.165, 1.54) is 0 Å². The number of nitrogens with one attached hydrogen (secondary N) is 1. The number of rotatable bonds is 4. The fourth-order valence-corrected chi connectivity index (χ4v) is 2.07. The summed E-state index contributed by atoms with van der Waals surface area (Å²) in [7, 11) is 0. The molecule has 1 aliphatic heterocycles. The van der Waals surface area contributed by atoms with E-state index in [0.717, 1.165) is 25.4 Å². The molecule has 1 saturated heterocycles. The maximum atomic E-state index is 6.04. The molecule has 0 aliphatic carbocycles. The summed E-state index contributed by atoms with van der Waals surface area (Å²) in [5, 5.41) is 8.14. The van der Waals surface area contributed by atoms with Crippen molar-refractivity contribution in [2.75, 3.05) is 13.1 Å². The Hall–Kier alpha value is -1.52. The summed E-state index contributed by atoms with van der Waals surface area (Å²) < 4.78 is 7.61. The van der Waals surface area contributed by atoms with Crippen LogP contribution in [0.15, 0.2) is 36.7 Å². The highest BCUT2D eigenvalue weighted by molar-refractivity contribution is 6.32. The molecular weight excluding hydrogens is 250 g/mol. The molecule has 0 bridgehead atoms. The molecule has 0 atom stereocenters. The van der Waals surface area contributed by atoms with Crippen molar-refractivity contribution in [1.82, 2.24) is 15.1 Å².